The van der Waals surface area contributed by atoms with Crippen LogP contribution < -0.4 is 15.4 Å². The van der Waals surface area contributed by atoms with Crippen molar-refractivity contribution in [3.63, 3.8) is 0 Å². The number of carbonyl (C=O) groups excluding carboxylic acids is 2. The van der Waals surface area contributed by atoms with Gasteiger partial charge in [-0.25, -0.2) is 9.59 Å². The van der Waals surface area contributed by atoms with Crippen LogP contribution in [0.5, 0.6) is 5.75 Å². The summed E-state index contributed by atoms with van der Waals surface area (Å²) in [6, 6.07) is 7.80. The second-order valence-electron chi connectivity index (χ2n) is 5.10. The van der Waals surface area contributed by atoms with Crippen LogP contribution in [0.15, 0.2) is 35.5 Å². The zero-order valence-electron chi connectivity index (χ0n) is 13.6. The molecule has 1 aliphatic heterocycles. The molecule has 0 fully saturated rings. The maximum Gasteiger partial charge on any atom is 0.338 e. The lowest BCUT2D eigenvalue weighted by Gasteiger charge is -2.28. The third-order valence-electron chi connectivity index (χ3n) is 3.51. The first-order valence-corrected chi connectivity index (χ1v) is 7.69. The molecule has 2 N–H and O–H groups in total. The Morgan fingerprint density at radius 2 is 2.00 bits per heavy atom. The van der Waals surface area contributed by atoms with Crippen molar-refractivity contribution in [1.82, 2.24) is 10.6 Å². The predicted molar refractivity (Wildman–Crippen MR) is 86.1 cm³/mol. The Kier molecular flexibility index (Phi) is 5.79. The number of hydrogen-bond donors (Lipinski definition) is 2. The average molecular weight is 329 g/mol. The van der Waals surface area contributed by atoms with E-state index in [0.29, 0.717) is 29.0 Å². The maximum atomic E-state index is 12.2. The zero-order valence-corrected chi connectivity index (χ0v) is 13.6. The lowest BCUT2D eigenvalue weighted by atomic mass is 10.0. The highest BCUT2D eigenvalue weighted by Crippen LogP contribution is 2.19. The van der Waals surface area contributed by atoms with E-state index in [1.807, 2.05) is 13.0 Å². The second kappa shape index (κ2) is 8.02. The lowest BCUT2D eigenvalue weighted by molar-refractivity contribution is -0.139. The molecule has 0 saturated carbocycles. The van der Waals surface area contributed by atoms with E-state index < -0.39 is 12.0 Å². The maximum absolute atomic E-state index is 12.2. The number of esters is 1. The summed E-state index contributed by atoms with van der Waals surface area (Å²) in [6.07, 6.45) is 0.557. The first-order chi connectivity index (χ1) is 11.6. The minimum atomic E-state index is -0.477. The van der Waals surface area contributed by atoms with Crippen molar-refractivity contribution >= 4 is 12.0 Å². The van der Waals surface area contributed by atoms with Gasteiger partial charge in [-0.1, -0.05) is 6.92 Å². The number of nitrogens with zero attached hydrogens (tertiary/aromatic N) is 1. The van der Waals surface area contributed by atoms with E-state index in [9.17, 15) is 9.59 Å². The summed E-state index contributed by atoms with van der Waals surface area (Å²) in [6.45, 7) is 3.86. The number of carbonyl (C=O) groups is 2. The first kappa shape index (κ1) is 17.3. The van der Waals surface area contributed by atoms with Gasteiger partial charge in [0.1, 0.15) is 12.4 Å². The zero-order chi connectivity index (χ0) is 17.5. The van der Waals surface area contributed by atoms with Crippen molar-refractivity contribution in [3.05, 3.63) is 41.1 Å². The van der Waals surface area contributed by atoms with Crippen LogP contribution in [0.2, 0.25) is 0 Å². The molecule has 126 valence electrons. The fourth-order valence-electron chi connectivity index (χ4n) is 2.36. The van der Waals surface area contributed by atoms with Gasteiger partial charge in [0.2, 0.25) is 0 Å². The van der Waals surface area contributed by atoms with Gasteiger partial charge in [-0.3, -0.25) is 0 Å². The molecule has 1 aromatic rings. The van der Waals surface area contributed by atoms with Crippen LogP contribution >= 0.6 is 0 Å². The van der Waals surface area contributed by atoms with Crippen molar-refractivity contribution in [1.29, 1.82) is 5.26 Å². The van der Waals surface area contributed by atoms with Crippen molar-refractivity contribution in [2.45, 2.75) is 26.3 Å². The minimum absolute atomic E-state index is 0.0178. The van der Waals surface area contributed by atoms with Crippen molar-refractivity contribution < 1.29 is 19.1 Å². The molecule has 24 heavy (non-hydrogen) atoms. The Bertz CT molecular complexity index is 689. The van der Waals surface area contributed by atoms with Crippen LogP contribution in [-0.4, -0.2) is 31.3 Å². The Morgan fingerprint density at radius 1 is 1.29 bits per heavy atom. The van der Waals surface area contributed by atoms with Gasteiger partial charge in [-0.05, 0) is 37.6 Å². The van der Waals surface area contributed by atoms with E-state index in [2.05, 4.69) is 10.6 Å². The van der Waals surface area contributed by atoms with Crippen LogP contribution in [0, 0.1) is 11.3 Å². The number of urea groups is 1. The Balaban J connectivity index is 2.21. The SMILES string of the molecule is CCOC(=O)C1=C(COc2ccc(C#N)cc2)NC(=O)N[C@H]1CC. The van der Waals surface area contributed by atoms with Gasteiger partial charge in [0.25, 0.3) is 0 Å². The predicted octanol–water partition coefficient (Wildman–Crippen LogP) is 1.85. The monoisotopic (exact) mass is 329 g/mol. The van der Waals surface area contributed by atoms with Crippen LogP contribution in [0.1, 0.15) is 25.8 Å². The van der Waals surface area contributed by atoms with Gasteiger partial charge in [-0.2, -0.15) is 5.26 Å². The second-order valence-corrected chi connectivity index (χ2v) is 5.10. The molecule has 7 heteroatoms. The van der Waals surface area contributed by atoms with Crippen LogP contribution in [0.4, 0.5) is 4.79 Å². The van der Waals surface area contributed by atoms with Gasteiger partial charge >= 0.3 is 12.0 Å². The lowest BCUT2D eigenvalue weighted by Crippen LogP contribution is -2.51. The summed E-state index contributed by atoms with van der Waals surface area (Å²) in [4.78, 5) is 24.0. The highest BCUT2D eigenvalue weighted by molar-refractivity contribution is 5.94. The molecule has 2 rings (SSSR count). The van der Waals surface area contributed by atoms with Crippen molar-refractivity contribution in [3.8, 4) is 11.8 Å². The average Bonchev–Trinajstić information content (AvgIpc) is 2.59. The van der Waals surface area contributed by atoms with Gasteiger partial charge in [-0.15, -0.1) is 0 Å². The summed E-state index contributed by atoms with van der Waals surface area (Å²) in [5.41, 5.74) is 1.27. The third-order valence-corrected chi connectivity index (χ3v) is 3.51. The Hall–Kier alpha value is -3.01. The highest BCUT2D eigenvalue weighted by atomic mass is 16.5. The first-order valence-electron chi connectivity index (χ1n) is 7.69. The highest BCUT2D eigenvalue weighted by Gasteiger charge is 2.31. The molecule has 1 heterocycles. The van der Waals surface area contributed by atoms with Gasteiger partial charge in [0, 0.05) is 0 Å². The molecule has 1 aliphatic rings. The molecule has 0 radical (unpaired) electrons. The normalized spacial score (nSPS) is 16.7. The fourth-order valence-corrected chi connectivity index (χ4v) is 2.36. The van der Waals surface area contributed by atoms with Crippen molar-refractivity contribution in [2.75, 3.05) is 13.2 Å². The van der Waals surface area contributed by atoms with Gasteiger partial charge in [0.15, 0.2) is 0 Å². The molecule has 0 aliphatic carbocycles. The molecular weight excluding hydrogens is 310 g/mol. The number of rotatable bonds is 6. The van der Waals surface area contributed by atoms with E-state index >= 15 is 0 Å². The molecule has 1 atom stereocenters. The molecule has 0 aromatic heterocycles. The topological polar surface area (TPSA) is 100 Å². The van der Waals surface area contributed by atoms with E-state index in [1.54, 1.807) is 31.2 Å². The van der Waals surface area contributed by atoms with Gasteiger partial charge in [0.05, 0.1) is 35.6 Å². The largest absolute Gasteiger partial charge is 0.487 e. The minimum Gasteiger partial charge on any atom is -0.487 e. The summed E-state index contributed by atoms with van der Waals surface area (Å²) >= 11 is 0. The molecule has 0 unspecified atom stereocenters. The van der Waals surface area contributed by atoms with Crippen LogP contribution in [0.3, 0.4) is 0 Å². The molecule has 0 bridgehead atoms. The fraction of sp³-hybridized carbons (Fsp3) is 0.353. The standard InChI is InChI=1S/C17H19N3O4/c1-3-13-15(16(21)23-4-2)14(20-17(22)19-13)10-24-12-7-5-11(9-18)6-8-12/h5-8,13H,3-4,10H2,1-2H3,(H2,19,20,22)/t13-/m0/s1. The van der Waals surface area contributed by atoms with Crippen LogP contribution in [-0.2, 0) is 9.53 Å². The quantitative estimate of drug-likeness (QED) is 0.776. The number of nitrogens with one attached hydrogen (secondary N) is 2. The number of hydrogen-bond acceptors (Lipinski definition) is 5. The molecule has 1 aromatic carbocycles. The molecular formula is C17H19N3O4. The molecule has 0 spiro atoms. The van der Waals surface area contributed by atoms with E-state index in [-0.39, 0.29) is 19.2 Å². The summed E-state index contributed by atoms with van der Waals surface area (Å²) in [5, 5.41) is 14.1. The summed E-state index contributed by atoms with van der Waals surface area (Å²) in [5.74, 6) is 0.0563. The summed E-state index contributed by atoms with van der Waals surface area (Å²) in [7, 11) is 0. The molecule has 2 amide bonds. The Morgan fingerprint density at radius 3 is 2.58 bits per heavy atom. The number of nitriles is 1. The van der Waals surface area contributed by atoms with Crippen LogP contribution in [0.25, 0.3) is 0 Å². The number of amides is 2. The van der Waals surface area contributed by atoms with E-state index in [4.69, 9.17) is 14.7 Å². The van der Waals surface area contributed by atoms with E-state index in [0.717, 1.165) is 0 Å². The Labute approximate surface area is 140 Å². The smallest absolute Gasteiger partial charge is 0.338 e. The van der Waals surface area contributed by atoms with E-state index in [1.165, 1.54) is 0 Å². The summed E-state index contributed by atoms with van der Waals surface area (Å²) < 4.78 is 10.7. The third kappa shape index (κ3) is 4.04. The van der Waals surface area contributed by atoms with Gasteiger partial charge < -0.3 is 20.1 Å². The molecule has 0 saturated heterocycles. The van der Waals surface area contributed by atoms with Crippen molar-refractivity contribution in [2.24, 2.45) is 0 Å². The molecule has 7 nitrogen and oxygen atoms in total. The number of benzene rings is 1. The number of ether oxygens (including phenoxy) is 2.